The summed E-state index contributed by atoms with van der Waals surface area (Å²) in [7, 11) is 0. The van der Waals surface area contributed by atoms with E-state index in [0.717, 1.165) is 5.56 Å². The van der Waals surface area contributed by atoms with Gasteiger partial charge in [-0.2, -0.15) is 0 Å². The Bertz CT molecular complexity index is 388. The average molecular weight is 257 g/mol. The maximum atomic E-state index is 11.3. The first-order valence-corrected chi connectivity index (χ1v) is 5.91. The highest BCUT2D eigenvalue weighted by Gasteiger charge is 2.07. The number of carbonyl (C=O) groups excluding carboxylic acids is 1. The number of carbonyl (C=O) groups is 1. The lowest BCUT2D eigenvalue weighted by atomic mass is 10.2. The molecule has 0 aliphatic carbocycles. The van der Waals surface area contributed by atoms with Crippen LogP contribution in [0.3, 0.4) is 0 Å². The van der Waals surface area contributed by atoms with Gasteiger partial charge in [0.2, 0.25) is 0 Å². The molecule has 1 aromatic carbocycles. The number of rotatable bonds is 5. The minimum Gasteiger partial charge on any atom is -0.482 e. The molecule has 94 valence electrons. The van der Waals surface area contributed by atoms with Crippen LogP contribution in [0, 0.1) is 12.8 Å². The van der Waals surface area contributed by atoms with Crippen LogP contribution in [0.5, 0.6) is 5.75 Å². The van der Waals surface area contributed by atoms with Crippen LogP contribution in [0.4, 0.5) is 0 Å². The molecule has 0 atom stereocenters. The van der Waals surface area contributed by atoms with Gasteiger partial charge < -0.3 is 9.47 Å². The predicted octanol–water partition coefficient (Wildman–Crippen LogP) is 3.23. The largest absolute Gasteiger partial charge is 0.482 e. The van der Waals surface area contributed by atoms with Gasteiger partial charge in [0.05, 0.1) is 6.61 Å². The van der Waals surface area contributed by atoms with E-state index in [4.69, 9.17) is 21.1 Å². The molecule has 0 aliphatic heterocycles. The van der Waals surface area contributed by atoms with Crippen molar-refractivity contribution in [2.45, 2.75) is 20.8 Å². The van der Waals surface area contributed by atoms with E-state index in [-0.39, 0.29) is 12.6 Å². The van der Waals surface area contributed by atoms with Gasteiger partial charge in [0.15, 0.2) is 6.61 Å². The number of ether oxygens (including phenoxy) is 2. The lowest BCUT2D eigenvalue weighted by Crippen LogP contribution is -2.17. The highest BCUT2D eigenvalue weighted by Crippen LogP contribution is 2.21. The van der Waals surface area contributed by atoms with Crippen LogP contribution in [-0.2, 0) is 9.53 Å². The predicted molar refractivity (Wildman–Crippen MR) is 67.5 cm³/mol. The molecule has 3 nitrogen and oxygen atoms in total. The van der Waals surface area contributed by atoms with Gasteiger partial charge in [0.1, 0.15) is 5.75 Å². The van der Waals surface area contributed by atoms with Crippen molar-refractivity contribution >= 4 is 17.6 Å². The fraction of sp³-hybridized carbons (Fsp3) is 0.462. The van der Waals surface area contributed by atoms with E-state index in [1.165, 1.54) is 0 Å². The molecule has 0 aromatic heterocycles. The molecule has 0 N–H and O–H groups in total. The molecular formula is C13H17ClO3. The molecule has 0 saturated heterocycles. The standard InChI is InChI=1S/C13H17ClO3/c1-9(2)7-17-13(15)8-16-12-5-4-11(14)6-10(12)3/h4-6,9H,7-8H2,1-3H3. The van der Waals surface area contributed by atoms with Crippen molar-refractivity contribution in [1.82, 2.24) is 0 Å². The van der Waals surface area contributed by atoms with Gasteiger partial charge in [-0.15, -0.1) is 0 Å². The first kappa shape index (κ1) is 13.8. The Morgan fingerprint density at radius 2 is 2.12 bits per heavy atom. The molecule has 0 heterocycles. The highest BCUT2D eigenvalue weighted by molar-refractivity contribution is 6.30. The molecule has 0 bridgehead atoms. The molecule has 0 unspecified atom stereocenters. The van der Waals surface area contributed by atoms with Crippen molar-refractivity contribution in [2.75, 3.05) is 13.2 Å². The van der Waals surface area contributed by atoms with Gasteiger partial charge in [-0.25, -0.2) is 4.79 Å². The molecule has 0 spiro atoms. The molecule has 0 amide bonds. The van der Waals surface area contributed by atoms with E-state index in [1.54, 1.807) is 18.2 Å². The summed E-state index contributed by atoms with van der Waals surface area (Å²) in [4.78, 5) is 11.3. The molecule has 17 heavy (non-hydrogen) atoms. The molecule has 0 radical (unpaired) electrons. The van der Waals surface area contributed by atoms with Gasteiger partial charge in [-0.05, 0) is 36.6 Å². The van der Waals surface area contributed by atoms with Crippen molar-refractivity contribution < 1.29 is 14.3 Å². The van der Waals surface area contributed by atoms with Gasteiger partial charge in [0, 0.05) is 5.02 Å². The van der Waals surface area contributed by atoms with Crippen LogP contribution in [0.25, 0.3) is 0 Å². The third kappa shape index (κ3) is 5.09. The monoisotopic (exact) mass is 256 g/mol. The Kier molecular flexibility index (Phi) is 5.29. The molecule has 1 rings (SSSR count). The van der Waals surface area contributed by atoms with E-state index in [2.05, 4.69) is 0 Å². The summed E-state index contributed by atoms with van der Waals surface area (Å²) < 4.78 is 10.4. The molecule has 0 fully saturated rings. The van der Waals surface area contributed by atoms with Crippen LogP contribution >= 0.6 is 11.6 Å². The number of hydrogen-bond acceptors (Lipinski definition) is 3. The minimum absolute atomic E-state index is 0.0742. The van der Waals surface area contributed by atoms with Crippen molar-refractivity contribution in [3.05, 3.63) is 28.8 Å². The second-order valence-corrected chi connectivity index (χ2v) is 4.71. The highest BCUT2D eigenvalue weighted by atomic mass is 35.5. The summed E-state index contributed by atoms with van der Waals surface area (Å²) in [6.07, 6.45) is 0. The van der Waals surface area contributed by atoms with E-state index >= 15 is 0 Å². The Balaban J connectivity index is 2.42. The summed E-state index contributed by atoms with van der Waals surface area (Å²) in [5, 5.41) is 0.650. The topological polar surface area (TPSA) is 35.5 Å². The maximum Gasteiger partial charge on any atom is 0.344 e. The number of benzene rings is 1. The summed E-state index contributed by atoms with van der Waals surface area (Å²) >= 11 is 5.82. The SMILES string of the molecule is Cc1cc(Cl)ccc1OCC(=O)OCC(C)C. The van der Waals surface area contributed by atoms with Crippen molar-refractivity contribution in [3.63, 3.8) is 0 Å². The summed E-state index contributed by atoms with van der Waals surface area (Å²) in [6.45, 7) is 6.19. The zero-order chi connectivity index (χ0) is 12.8. The van der Waals surface area contributed by atoms with E-state index < -0.39 is 0 Å². The minimum atomic E-state index is -0.354. The quantitative estimate of drug-likeness (QED) is 0.759. The smallest absolute Gasteiger partial charge is 0.344 e. The van der Waals surface area contributed by atoms with Gasteiger partial charge in [-0.1, -0.05) is 25.4 Å². The number of esters is 1. The zero-order valence-corrected chi connectivity index (χ0v) is 11.1. The van der Waals surface area contributed by atoms with Gasteiger partial charge in [0.25, 0.3) is 0 Å². The first-order valence-electron chi connectivity index (χ1n) is 5.53. The molecule has 0 aliphatic rings. The van der Waals surface area contributed by atoms with Crippen molar-refractivity contribution in [2.24, 2.45) is 5.92 Å². The third-order valence-electron chi connectivity index (χ3n) is 2.06. The number of aryl methyl sites for hydroxylation is 1. The fourth-order valence-corrected chi connectivity index (χ4v) is 1.44. The normalized spacial score (nSPS) is 10.4. The third-order valence-corrected chi connectivity index (χ3v) is 2.30. The second-order valence-electron chi connectivity index (χ2n) is 4.28. The Hall–Kier alpha value is -1.22. The first-order chi connectivity index (χ1) is 7.99. The van der Waals surface area contributed by atoms with Gasteiger partial charge >= 0.3 is 5.97 Å². The molecule has 0 saturated carbocycles. The molecule has 4 heteroatoms. The van der Waals surface area contributed by atoms with Crippen molar-refractivity contribution in [1.29, 1.82) is 0 Å². The van der Waals surface area contributed by atoms with Crippen LogP contribution in [0.1, 0.15) is 19.4 Å². The van der Waals surface area contributed by atoms with Crippen LogP contribution in [0.15, 0.2) is 18.2 Å². The molecule has 1 aromatic rings. The van der Waals surface area contributed by atoms with Crippen LogP contribution in [0.2, 0.25) is 5.02 Å². The van der Waals surface area contributed by atoms with E-state index in [0.29, 0.717) is 23.3 Å². The summed E-state index contributed by atoms with van der Waals surface area (Å²) in [6, 6.07) is 5.26. The van der Waals surface area contributed by atoms with Crippen LogP contribution in [-0.4, -0.2) is 19.2 Å². The molecular weight excluding hydrogens is 240 g/mol. The summed E-state index contributed by atoms with van der Waals surface area (Å²) in [5.74, 6) is 0.625. The Labute approximate surface area is 107 Å². The lowest BCUT2D eigenvalue weighted by Gasteiger charge is -2.10. The Morgan fingerprint density at radius 1 is 1.41 bits per heavy atom. The second kappa shape index (κ2) is 6.50. The van der Waals surface area contributed by atoms with Crippen molar-refractivity contribution in [3.8, 4) is 5.75 Å². The van der Waals surface area contributed by atoms with Gasteiger partial charge in [-0.3, -0.25) is 0 Å². The maximum absolute atomic E-state index is 11.3. The number of halogens is 1. The summed E-state index contributed by atoms with van der Waals surface area (Å²) in [5.41, 5.74) is 0.897. The number of hydrogen-bond donors (Lipinski definition) is 0. The van der Waals surface area contributed by atoms with E-state index in [1.807, 2.05) is 20.8 Å². The average Bonchev–Trinajstić information content (AvgIpc) is 2.25. The zero-order valence-electron chi connectivity index (χ0n) is 10.3. The van der Waals surface area contributed by atoms with Crippen LogP contribution < -0.4 is 4.74 Å². The fourth-order valence-electron chi connectivity index (χ4n) is 1.21. The Morgan fingerprint density at radius 3 is 2.71 bits per heavy atom. The van der Waals surface area contributed by atoms with E-state index in [9.17, 15) is 4.79 Å². The lowest BCUT2D eigenvalue weighted by molar-refractivity contribution is -0.147.